The van der Waals surface area contributed by atoms with Gasteiger partial charge in [-0.3, -0.25) is 0 Å². The van der Waals surface area contributed by atoms with Crippen LogP contribution in [0.5, 0.6) is 0 Å². The Morgan fingerprint density at radius 1 is 1.20 bits per heavy atom. The van der Waals surface area contributed by atoms with Crippen molar-refractivity contribution in [3.05, 3.63) is 35.9 Å². The maximum Gasteiger partial charge on any atom is 0.0263 e. The largest absolute Gasteiger partial charge is 0.312 e. The van der Waals surface area contributed by atoms with E-state index in [-0.39, 0.29) is 0 Å². The van der Waals surface area contributed by atoms with E-state index < -0.39 is 0 Å². The van der Waals surface area contributed by atoms with Crippen LogP contribution in [-0.2, 0) is 6.54 Å². The minimum Gasteiger partial charge on any atom is -0.312 e. The molecule has 1 aliphatic rings. The van der Waals surface area contributed by atoms with Crippen LogP contribution in [0.3, 0.4) is 0 Å². The first kappa shape index (κ1) is 11.4. The molecule has 1 heterocycles. The second-order valence-electron chi connectivity index (χ2n) is 3.68. The van der Waals surface area contributed by atoms with Gasteiger partial charge in [0.15, 0.2) is 0 Å². The average molecular weight is 239 g/mol. The van der Waals surface area contributed by atoms with Crippen molar-refractivity contribution in [3.63, 3.8) is 0 Å². The summed E-state index contributed by atoms with van der Waals surface area (Å²) in [4.78, 5) is 0. The second-order valence-corrected chi connectivity index (χ2v) is 6.24. The molecule has 2 rings (SSSR count). The molecule has 1 N–H and O–H groups in total. The monoisotopic (exact) mass is 239 g/mol. The van der Waals surface area contributed by atoms with Crippen molar-refractivity contribution in [1.29, 1.82) is 0 Å². The molecule has 0 aliphatic carbocycles. The van der Waals surface area contributed by atoms with Crippen LogP contribution in [0, 0.1) is 0 Å². The minimum atomic E-state index is 0.812. The molecule has 0 radical (unpaired) electrons. The molecule has 1 unspecified atom stereocenters. The SMILES string of the molecule is c1ccc(CNCC2CSCCS2)cc1. The highest BCUT2D eigenvalue weighted by atomic mass is 32.2. The normalized spacial score (nSPS) is 21.5. The molecular formula is C12H17NS2. The lowest BCUT2D eigenvalue weighted by molar-refractivity contribution is 0.686. The maximum atomic E-state index is 3.54. The highest BCUT2D eigenvalue weighted by Gasteiger charge is 2.13. The van der Waals surface area contributed by atoms with E-state index >= 15 is 0 Å². The summed E-state index contributed by atoms with van der Waals surface area (Å²) in [5.74, 6) is 3.97. The van der Waals surface area contributed by atoms with E-state index in [9.17, 15) is 0 Å². The number of nitrogens with one attached hydrogen (secondary N) is 1. The summed E-state index contributed by atoms with van der Waals surface area (Å²) in [6.45, 7) is 2.15. The molecule has 0 aromatic heterocycles. The van der Waals surface area contributed by atoms with E-state index in [2.05, 4.69) is 59.2 Å². The van der Waals surface area contributed by atoms with Gasteiger partial charge in [-0.25, -0.2) is 0 Å². The molecule has 0 saturated carbocycles. The molecule has 0 bridgehead atoms. The zero-order chi connectivity index (χ0) is 10.3. The molecule has 0 amide bonds. The number of hydrogen-bond acceptors (Lipinski definition) is 3. The van der Waals surface area contributed by atoms with E-state index in [0.29, 0.717) is 0 Å². The molecule has 1 aliphatic heterocycles. The summed E-state index contributed by atoms with van der Waals surface area (Å²) in [6, 6.07) is 10.6. The second kappa shape index (κ2) is 6.46. The topological polar surface area (TPSA) is 12.0 Å². The molecule has 1 aromatic rings. The van der Waals surface area contributed by atoms with E-state index in [1.165, 1.54) is 22.8 Å². The molecule has 0 spiro atoms. The predicted octanol–water partition coefficient (Wildman–Crippen LogP) is 2.62. The fourth-order valence-corrected chi connectivity index (χ4v) is 4.27. The number of thioether (sulfide) groups is 2. The zero-order valence-corrected chi connectivity index (χ0v) is 10.4. The van der Waals surface area contributed by atoms with E-state index in [1.54, 1.807) is 0 Å². The third-order valence-corrected chi connectivity index (χ3v) is 5.27. The van der Waals surface area contributed by atoms with Crippen LogP contribution in [0.1, 0.15) is 5.56 Å². The molecule has 1 nitrogen and oxygen atoms in total. The summed E-state index contributed by atoms with van der Waals surface area (Å²) >= 11 is 4.20. The summed E-state index contributed by atoms with van der Waals surface area (Å²) in [5, 5.41) is 4.35. The highest BCUT2D eigenvalue weighted by Crippen LogP contribution is 2.23. The van der Waals surface area contributed by atoms with Gasteiger partial charge in [0.05, 0.1) is 0 Å². The molecule has 1 aromatic carbocycles. The Hall–Kier alpha value is -0.120. The van der Waals surface area contributed by atoms with Gasteiger partial charge in [-0.15, -0.1) is 0 Å². The van der Waals surface area contributed by atoms with Gasteiger partial charge in [0.2, 0.25) is 0 Å². The maximum absolute atomic E-state index is 3.54. The summed E-state index contributed by atoms with van der Waals surface area (Å²) < 4.78 is 0. The first-order chi connectivity index (χ1) is 7.45. The van der Waals surface area contributed by atoms with Crippen molar-refractivity contribution >= 4 is 23.5 Å². The van der Waals surface area contributed by atoms with Crippen molar-refractivity contribution < 1.29 is 0 Å². The zero-order valence-electron chi connectivity index (χ0n) is 8.82. The third kappa shape index (κ3) is 4.09. The van der Waals surface area contributed by atoms with Gasteiger partial charge in [-0.05, 0) is 5.56 Å². The molecule has 1 atom stereocenters. The van der Waals surface area contributed by atoms with Gasteiger partial charge in [0, 0.05) is 35.6 Å². The standard InChI is InChI=1S/C12H17NS2/c1-2-4-11(5-3-1)8-13-9-12-10-14-6-7-15-12/h1-5,12-13H,6-10H2. The van der Waals surface area contributed by atoms with Crippen molar-refractivity contribution in [2.24, 2.45) is 0 Å². The first-order valence-corrected chi connectivity index (χ1v) is 7.59. The van der Waals surface area contributed by atoms with Crippen molar-refractivity contribution in [2.45, 2.75) is 11.8 Å². The third-order valence-electron chi connectivity index (χ3n) is 2.43. The van der Waals surface area contributed by atoms with Gasteiger partial charge in [-0.2, -0.15) is 23.5 Å². The Morgan fingerprint density at radius 2 is 2.07 bits per heavy atom. The van der Waals surface area contributed by atoms with Crippen molar-refractivity contribution in [2.75, 3.05) is 23.8 Å². The van der Waals surface area contributed by atoms with Crippen LogP contribution in [0.2, 0.25) is 0 Å². The Balaban J connectivity index is 1.66. The first-order valence-electron chi connectivity index (χ1n) is 5.39. The van der Waals surface area contributed by atoms with Gasteiger partial charge >= 0.3 is 0 Å². The lowest BCUT2D eigenvalue weighted by atomic mass is 10.2. The van der Waals surface area contributed by atoms with Crippen LogP contribution >= 0.6 is 23.5 Å². The molecular weight excluding hydrogens is 222 g/mol. The fourth-order valence-electron chi connectivity index (χ4n) is 1.63. The molecule has 82 valence electrons. The Labute approximate surface area is 100 Å². The lowest BCUT2D eigenvalue weighted by Crippen LogP contribution is -2.28. The van der Waals surface area contributed by atoms with Crippen LogP contribution in [0.15, 0.2) is 30.3 Å². The van der Waals surface area contributed by atoms with Crippen LogP contribution in [0.25, 0.3) is 0 Å². The van der Waals surface area contributed by atoms with E-state index in [0.717, 1.165) is 18.3 Å². The summed E-state index contributed by atoms with van der Waals surface area (Å²) in [7, 11) is 0. The van der Waals surface area contributed by atoms with Crippen LogP contribution in [0.4, 0.5) is 0 Å². The van der Waals surface area contributed by atoms with E-state index in [4.69, 9.17) is 0 Å². The smallest absolute Gasteiger partial charge is 0.0263 e. The van der Waals surface area contributed by atoms with Crippen molar-refractivity contribution in [3.8, 4) is 0 Å². The molecule has 3 heteroatoms. The van der Waals surface area contributed by atoms with Crippen LogP contribution in [-0.4, -0.2) is 29.1 Å². The number of hydrogen-bond donors (Lipinski definition) is 1. The fraction of sp³-hybridized carbons (Fsp3) is 0.500. The molecule has 1 fully saturated rings. The highest BCUT2D eigenvalue weighted by molar-refractivity contribution is 8.06. The molecule has 1 saturated heterocycles. The van der Waals surface area contributed by atoms with Gasteiger partial charge < -0.3 is 5.32 Å². The Bertz CT molecular complexity index is 270. The summed E-state index contributed by atoms with van der Waals surface area (Å²) in [6.07, 6.45) is 0. The van der Waals surface area contributed by atoms with Crippen molar-refractivity contribution in [1.82, 2.24) is 5.32 Å². The molecule has 15 heavy (non-hydrogen) atoms. The Kier molecular flexibility index (Phi) is 4.90. The number of benzene rings is 1. The lowest BCUT2D eigenvalue weighted by Gasteiger charge is -2.21. The van der Waals surface area contributed by atoms with Crippen LogP contribution < -0.4 is 5.32 Å². The minimum absolute atomic E-state index is 0.812. The number of rotatable bonds is 4. The average Bonchev–Trinajstić information content (AvgIpc) is 2.32. The van der Waals surface area contributed by atoms with Gasteiger partial charge in [0.25, 0.3) is 0 Å². The Morgan fingerprint density at radius 3 is 2.80 bits per heavy atom. The predicted molar refractivity (Wildman–Crippen MR) is 71.7 cm³/mol. The van der Waals surface area contributed by atoms with E-state index in [1.807, 2.05) is 0 Å². The van der Waals surface area contributed by atoms with Gasteiger partial charge in [-0.1, -0.05) is 30.3 Å². The van der Waals surface area contributed by atoms with Gasteiger partial charge in [0.1, 0.15) is 0 Å². The quantitative estimate of drug-likeness (QED) is 0.867. The summed E-state index contributed by atoms with van der Waals surface area (Å²) in [5.41, 5.74) is 1.38.